The summed E-state index contributed by atoms with van der Waals surface area (Å²) in [4.78, 5) is 72.5. The Labute approximate surface area is 343 Å². The van der Waals surface area contributed by atoms with Crippen LogP contribution in [-0.2, 0) is 24.4 Å². The van der Waals surface area contributed by atoms with E-state index >= 15 is 0 Å². The molecule has 4 aliphatic rings. The van der Waals surface area contributed by atoms with Gasteiger partial charge in [0.2, 0.25) is 27.7 Å². The maximum atomic E-state index is 14.7. The summed E-state index contributed by atoms with van der Waals surface area (Å²) in [5, 5.41) is 9.48. The van der Waals surface area contributed by atoms with E-state index in [4.69, 9.17) is 24.2 Å². The summed E-state index contributed by atoms with van der Waals surface area (Å²) in [6, 6.07) is 14.3. The van der Waals surface area contributed by atoms with Crippen molar-refractivity contribution in [1.82, 2.24) is 40.4 Å². The first-order chi connectivity index (χ1) is 28.5. The van der Waals surface area contributed by atoms with Gasteiger partial charge in [0, 0.05) is 18.4 Å². The third-order valence-electron chi connectivity index (χ3n) is 11.3. The third kappa shape index (κ3) is 7.90. The molecule has 18 heteroatoms. The van der Waals surface area contributed by atoms with Crippen LogP contribution in [0.5, 0.6) is 5.88 Å². The first-order valence-corrected chi connectivity index (χ1v) is 22.2. The highest BCUT2D eigenvalue weighted by molar-refractivity contribution is 7.91. The highest BCUT2D eigenvalue weighted by Crippen LogP contribution is 2.46. The maximum absolute atomic E-state index is 14.7. The van der Waals surface area contributed by atoms with Crippen LogP contribution >= 0.6 is 11.3 Å². The van der Waals surface area contributed by atoms with E-state index in [0.29, 0.717) is 53.2 Å². The molecule has 4 amide bonds. The van der Waals surface area contributed by atoms with E-state index in [1.54, 1.807) is 6.92 Å². The van der Waals surface area contributed by atoms with Crippen LogP contribution in [0, 0.1) is 12.8 Å². The number of ether oxygens (including phenoxy) is 1. The molecule has 3 N–H and O–H groups in total. The number of aryl methyl sites for hydroxylation is 1. The number of rotatable bonds is 8. The average molecular weight is 839 g/mol. The normalized spacial score (nSPS) is 25.1. The molecule has 59 heavy (non-hydrogen) atoms. The van der Waals surface area contributed by atoms with Crippen molar-refractivity contribution in [2.45, 2.75) is 93.7 Å². The van der Waals surface area contributed by atoms with E-state index in [-0.39, 0.29) is 37.4 Å². The maximum Gasteiger partial charge on any atom is 0.274 e. The van der Waals surface area contributed by atoms with E-state index in [1.165, 1.54) is 22.3 Å². The Morgan fingerprint density at radius 1 is 0.983 bits per heavy atom. The van der Waals surface area contributed by atoms with Crippen LogP contribution in [0.3, 0.4) is 0 Å². The fourth-order valence-corrected chi connectivity index (χ4v) is 10.2. The fraction of sp³-hybridized carbons (Fsp3) is 0.415. The lowest BCUT2D eigenvalue weighted by Crippen LogP contribution is -2.58. The van der Waals surface area contributed by atoms with Gasteiger partial charge in [-0.05, 0) is 69.7 Å². The zero-order valence-corrected chi connectivity index (χ0v) is 33.8. The van der Waals surface area contributed by atoms with Crippen LogP contribution in [0.25, 0.3) is 32.0 Å². The molecule has 3 fully saturated rings. The van der Waals surface area contributed by atoms with Crippen LogP contribution in [0.4, 0.5) is 0 Å². The molecule has 0 unspecified atom stereocenters. The fourth-order valence-electron chi connectivity index (χ4n) is 7.89. The molecule has 3 aromatic heterocycles. The number of carbonyl (C=O) groups excluding carboxylic acids is 4. The predicted octanol–water partition coefficient (Wildman–Crippen LogP) is 4.35. The monoisotopic (exact) mass is 838 g/mol. The Morgan fingerprint density at radius 3 is 2.49 bits per heavy atom. The number of nitrogens with zero attached hydrogens (tertiary/aromatic N) is 5. The molecule has 9 rings (SSSR count). The largest absolute Gasteiger partial charge is 0.471 e. The number of para-hydroxylation sites is 3. The van der Waals surface area contributed by atoms with Gasteiger partial charge in [0.05, 0.1) is 33.0 Å². The zero-order valence-electron chi connectivity index (χ0n) is 32.1. The number of amides is 4. The lowest BCUT2D eigenvalue weighted by molar-refractivity contribution is -0.141. The first kappa shape index (κ1) is 38.8. The molecule has 2 aromatic carbocycles. The van der Waals surface area contributed by atoms with Crippen LogP contribution in [0.1, 0.15) is 74.0 Å². The molecule has 2 aliphatic heterocycles. The number of thiazole rings is 1. The summed E-state index contributed by atoms with van der Waals surface area (Å²) in [6.45, 7) is 1.58. The van der Waals surface area contributed by atoms with Crippen molar-refractivity contribution < 1.29 is 36.9 Å². The minimum absolute atomic E-state index is 0.00686. The summed E-state index contributed by atoms with van der Waals surface area (Å²) in [5.74, 6) is -2.43. The lowest BCUT2D eigenvalue weighted by Gasteiger charge is -2.29. The number of nitrogens with one attached hydrogen (secondary N) is 3. The Hall–Kier alpha value is -5.75. The SMILES string of the molecule is Cc1cc(C(=O)N[C@H]2CCCCCC=C[C@@H]3C[C@@]3(C(=O)NS(=O)(=O)C3CC3)NC(=O)[C@@H]3C[C@@H](Oc4nc5ccccc5nc4-c4nc5ccccc5s4)CN3C2=O)no1. The summed E-state index contributed by atoms with van der Waals surface area (Å²) >= 11 is 1.43. The van der Waals surface area contributed by atoms with Gasteiger partial charge in [-0.1, -0.05) is 54.4 Å². The van der Waals surface area contributed by atoms with Crippen molar-refractivity contribution >= 4 is 66.2 Å². The first-order valence-electron chi connectivity index (χ1n) is 19.9. The van der Waals surface area contributed by atoms with Crippen molar-refractivity contribution in [3.05, 3.63) is 78.2 Å². The topological polar surface area (TPSA) is 216 Å². The minimum Gasteiger partial charge on any atom is -0.471 e. The Bertz CT molecular complexity index is 2590. The molecule has 306 valence electrons. The van der Waals surface area contributed by atoms with E-state index in [2.05, 4.69) is 20.5 Å². The minimum atomic E-state index is -3.92. The van der Waals surface area contributed by atoms with Crippen molar-refractivity contribution in [3.8, 4) is 16.6 Å². The van der Waals surface area contributed by atoms with Crippen molar-refractivity contribution in [3.63, 3.8) is 0 Å². The standard InChI is InChI=1S/C41H42N8O8S2/c1-23-19-31(47-57-23)35(50)43-30-15-6-4-2-3-5-11-24-21-41(24,40(53)48-59(54,55)26-17-18-26)46-36(51)32-20-25(22-49(32)39(30)52)56-37-34(42-27-12-7-8-13-28(27)44-37)38-45-29-14-9-10-16-33(29)58-38/h5,7-14,16,19,24-26,30,32H,2-4,6,15,17-18,20-22H2,1H3,(H,43,50)(H,46,51)(H,48,53)/t24-,25-,30+,32+,41-/m1/s1. The van der Waals surface area contributed by atoms with Gasteiger partial charge in [0.25, 0.3) is 11.8 Å². The second-order valence-corrected chi connectivity index (χ2v) is 18.7. The second kappa shape index (κ2) is 15.4. The summed E-state index contributed by atoms with van der Waals surface area (Å²) < 4.78 is 40.8. The number of aromatic nitrogens is 4. The van der Waals surface area contributed by atoms with Crippen molar-refractivity contribution in [2.24, 2.45) is 5.92 Å². The van der Waals surface area contributed by atoms with Crippen LogP contribution < -0.4 is 20.1 Å². The Kier molecular flexibility index (Phi) is 10.1. The second-order valence-electron chi connectivity index (χ2n) is 15.7. The predicted molar refractivity (Wildman–Crippen MR) is 216 cm³/mol. The quantitative estimate of drug-likeness (QED) is 0.186. The molecule has 0 bridgehead atoms. The molecule has 5 atom stereocenters. The summed E-state index contributed by atoms with van der Waals surface area (Å²) in [6.07, 6.45) is 7.19. The number of sulfonamides is 1. The average Bonchev–Trinajstić information content (AvgIpc) is 4.04. The molecule has 2 aliphatic carbocycles. The van der Waals surface area contributed by atoms with Crippen LogP contribution in [0.2, 0.25) is 0 Å². The number of allylic oxidation sites excluding steroid dienone is 1. The Morgan fingerprint density at radius 2 is 1.75 bits per heavy atom. The van der Waals surface area contributed by atoms with E-state index in [0.717, 1.165) is 23.1 Å². The molecule has 1 saturated heterocycles. The van der Waals surface area contributed by atoms with Gasteiger partial charge in [-0.2, -0.15) is 0 Å². The van der Waals surface area contributed by atoms with Crippen molar-refractivity contribution in [1.29, 1.82) is 0 Å². The van der Waals surface area contributed by atoms with Gasteiger partial charge in [0.15, 0.2) is 11.4 Å². The number of benzene rings is 2. The molecule has 0 radical (unpaired) electrons. The molecule has 5 aromatic rings. The van der Waals surface area contributed by atoms with E-state index < -0.39 is 68.5 Å². The number of hydrogen-bond acceptors (Lipinski definition) is 13. The van der Waals surface area contributed by atoms with E-state index in [9.17, 15) is 27.6 Å². The number of carbonyl (C=O) groups is 4. The molecule has 2 saturated carbocycles. The lowest BCUT2D eigenvalue weighted by atomic mass is 10.0. The number of hydrogen-bond donors (Lipinski definition) is 3. The van der Waals surface area contributed by atoms with Gasteiger partial charge in [0.1, 0.15) is 34.5 Å². The van der Waals surface area contributed by atoms with Crippen LogP contribution in [0.15, 0.2) is 71.3 Å². The van der Waals surface area contributed by atoms with Gasteiger partial charge < -0.3 is 24.8 Å². The van der Waals surface area contributed by atoms with Gasteiger partial charge in [-0.3, -0.25) is 23.9 Å². The number of fused-ring (bicyclic) bond motifs is 4. The zero-order chi connectivity index (χ0) is 40.9. The molecular formula is C41H42N8O8S2. The van der Waals surface area contributed by atoms with E-state index in [1.807, 2.05) is 60.7 Å². The highest BCUT2D eigenvalue weighted by atomic mass is 32.2. The van der Waals surface area contributed by atoms with Crippen molar-refractivity contribution in [2.75, 3.05) is 6.54 Å². The smallest absolute Gasteiger partial charge is 0.274 e. The third-order valence-corrected chi connectivity index (χ3v) is 14.2. The molecule has 0 spiro atoms. The molecule has 16 nitrogen and oxygen atoms in total. The molecular weight excluding hydrogens is 797 g/mol. The summed E-state index contributed by atoms with van der Waals surface area (Å²) in [7, 11) is -3.92. The Balaban J connectivity index is 1.06. The van der Waals surface area contributed by atoms with Gasteiger partial charge in [-0.25, -0.2) is 23.4 Å². The summed E-state index contributed by atoms with van der Waals surface area (Å²) in [5.41, 5.74) is 0.863. The molecule has 5 heterocycles. The van der Waals surface area contributed by atoms with Gasteiger partial charge >= 0.3 is 0 Å². The van der Waals surface area contributed by atoms with Gasteiger partial charge in [-0.15, -0.1) is 11.3 Å². The highest BCUT2D eigenvalue weighted by Gasteiger charge is 2.62. The van der Waals surface area contributed by atoms with Crippen LogP contribution in [-0.4, -0.2) is 92.6 Å².